The summed E-state index contributed by atoms with van der Waals surface area (Å²) in [6, 6.07) is 5.74. The number of carbonyl (C=O) groups is 1. The van der Waals surface area contributed by atoms with Gasteiger partial charge in [0, 0.05) is 21.6 Å². The van der Waals surface area contributed by atoms with Gasteiger partial charge in [0.25, 0.3) is 0 Å². The predicted molar refractivity (Wildman–Crippen MR) is 128 cm³/mol. The maximum Gasteiger partial charge on any atom is 0.310 e. The van der Waals surface area contributed by atoms with Crippen LogP contribution in [0.25, 0.3) is 0 Å². The number of alkyl halides is 1. The summed E-state index contributed by atoms with van der Waals surface area (Å²) >= 11 is 10.9. The van der Waals surface area contributed by atoms with Gasteiger partial charge in [-0.2, -0.15) is 0 Å². The third-order valence-corrected chi connectivity index (χ3v) is 7.99. The van der Waals surface area contributed by atoms with Crippen molar-refractivity contribution in [2.45, 2.75) is 5.92 Å². The summed E-state index contributed by atoms with van der Waals surface area (Å²) in [5, 5.41) is 0.483. The number of ether oxygens (including phenoxy) is 6. The molecule has 0 aromatic heterocycles. The van der Waals surface area contributed by atoms with Gasteiger partial charge in [-0.25, -0.2) is 0 Å². The fourth-order valence-electron chi connectivity index (χ4n) is 4.25. The molecule has 10 heteroatoms. The van der Waals surface area contributed by atoms with Crippen molar-refractivity contribution in [2.24, 2.45) is 11.8 Å². The van der Waals surface area contributed by atoms with Crippen molar-refractivity contribution in [1.29, 1.82) is 0 Å². The van der Waals surface area contributed by atoms with Crippen molar-refractivity contribution >= 4 is 53.8 Å². The number of methoxy groups -OCH3 is 3. The number of fused-ring (bicyclic) bond motifs is 1. The van der Waals surface area contributed by atoms with E-state index in [9.17, 15) is 4.79 Å². The maximum absolute atomic E-state index is 12.5. The van der Waals surface area contributed by atoms with E-state index in [4.69, 9.17) is 28.4 Å². The van der Waals surface area contributed by atoms with Crippen LogP contribution in [0.3, 0.4) is 0 Å². The monoisotopic (exact) mass is 634 g/mol. The second kappa shape index (κ2) is 9.69. The van der Waals surface area contributed by atoms with Crippen molar-refractivity contribution in [3.05, 3.63) is 38.3 Å². The zero-order valence-electron chi connectivity index (χ0n) is 17.6. The minimum atomic E-state index is -0.330. The van der Waals surface area contributed by atoms with E-state index in [0.29, 0.717) is 38.6 Å². The van der Waals surface area contributed by atoms with E-state index in [-0.39, 0.29) is 37.1 Å². The smallest absolute Gasteiger partial charge is 0.310 e. The Morgan fingerprint density at radius 3 is 2.28 bits per heavy atom. The summed E-state index contributed by atoms with van der Waals surface area (Å²) in [5.74, 6) is 1.84. The Balaban J connectivity index is 1.97. The predicted octanol–water partition coefficient (Wildman–Crippen LogP) is 5.28. The lowest BCUT2D eigenvalue weighted by atomic mass is 9.76. The first-order valence-electron chi connectivity index (χ1n) is 9.75. The molecule has 3 unspecified atom stereocenters. The van der Waals surface area contributed by atoms with E-state index in [2.05, 4.69) is 47.8 Å². The highest BCUT2D eigenvalue weighted by Crippen LogP contribution is 2.53. The lowest BCUT2D eigenvalue weighted by Gasteiger charge is -2.29. The Bertz CT molecular complexity index is 1040. The first-order chi connectivity index (χ1) is 15.4. The number of rotatable bonds is 7. The lowest BCUT2D eigenvalue weighted by Crippen LogP contribution is -2.25. The normalized spacial score (nSPS) is 20.1. The molecule has 0 spiro atoms. The van der Waals surface area contributed by atoms with Crippen LogP contribution in [0.2, 0.25) is 0 Å². The summed E-state index contributed by atoms with van der Waals surface area (Å²) < 4.78 is 35.0. The van der Waals surface area contributed by atoms with Gasteiger partial charge in [0.05, 0.1) is 38.3 Å². The second-order valence-corrected chi connectivity index (χ2v) is 9.60. The molecule has 4 rings (SSSR count). The minimum absolute atomic E-state index is 0.155. The molecule has 1 saturated heterocycles. The molecular weight excluding hydrogens is 616 g/mol. The maximum atomic E-state index is 12.5. The molecule has 3 atom stereocenters. The van der Waals surface area contributed by atoms with Gasteiger partial charge in [-0.1, -0.05) is 31.9 Å². The molecule has 2 aromatic rings. The van der Waals surface area contributed by atoms with E-state index >= 15 is 0 Å². The topological polar surface area (TPSA) is 72.5 Å². The Labute approximate surface area is 211 Å². The van der Waals surface area contributed by atoms with E-state index < -0.39 is 0 Å². The Hall–Kier alpha value is -1.65. The van der Waals surface area contributed by atoms with Gasteiger partial charge in [0.2, 0.25) is 12.5 Å². The highest BCUT2D eigenvalue weighted by atomic mass is 79.9. The van der Waals surface area contributed by atoms with Crippen LogP contribution in [-0.4, -0.2) is 46.0 Å². The first kappa shape index (κ1) is 23.5. The molecule has 2 aliphatic rings. The molecule has 2 aromatic carbocycles. The van der Waals surface area contributed by atoms with E-state index in [1.165, 1.54) is 0 Å². The SMILES string of the molecule is COc1cc(C(c2cc3c(cc2Br)OCO3)C2COC(=O)C2CBr)c(Br)c(OC)c1OC. The van der Waals surface area contributed by atoms with Crippen molar-refractivity contribution in [1.82, 2.24) is 0 Å². The lowest BCUT2D eigenvalue weighted by molar-refractivity contribution is -0.140. The van der Waals surface area contributed by atoms with Crippen molar-refractivity contribution in [2.75, 3.05) is 40.1 Å². The molecule has 0 amide bonds. The van der Waals surface area contributed by atoms with Crippen LogP contribution in [0.5, 0.6) is 28.7 Å². The van der Waals surface area contributed by atoms with Crippen LogP contribution >= 0.6 is 47.8 Å². The standard InChI is InChI=1S/C22H21Br3O7/c1-27-17-5-11(19(25)21(29-3)20(17)28-2)18(13-8-30-22(26)12(13)7-23)10-4-15-16(6-14(10)24)32-9-31-15/h4-6,12-13,18H,7-9H2,1-3H3. The van der Waals surface area contributed by atoms with Crippen molar-refractivity contribution in [3.8, 4) is 28.7 Å². The highest BCUT2D eigenvalue weighted by Gasteiger charge is 2.44. The summed E-state index contributed by atoms with van der Waals surface area (Å²) in [6.45, 7) is 0.447. The van der Waals surface area contributed by atoms with Crippen LogP contribution in [0.15, 0.2) is 27.1 Å². The average molecular weight is 637 g/mol. The molecule has 7 nitrogen and oxygen atoms in total. The van der Waals surface area contributed by atoms with Gasteiger partial charge >= 0.3 is 5.97 Å². The number of esters is 1. The zero-order valence-corrected chi connectivity index (χ0v) is 22.3. The summed E-state index contributed by atoms with van der Waals surface area (Å²) in [7, 11) is 4.70. The Morgan fingerprint density at radius 2 is 1.66 bits per heavy atom. The molecule has 0 bridgehead atoms. The fraction of sp³-hybridized carbons (Fsp3) is 0.409. The van der Waals surface area contributed by atoms with Gasteiger partial charge in [-0.05, 0) is 45.3 Å². The van der Waals surface area contributed by atoms with Crippen molar-refractivity contribution < 1.29 is 33.2 Å². The quantitative estimate of drug-likeness (QED) is 0.303. The van der Waals surface area contributed by atoms with Crippen LogP contribution in [0.1, 0.15) is 17.0 Å². The third-order valence-electron chi connectivity index (χ3n) is 5.79. The number of carbonyl (C=O) groups excluding carboxylic acids is 1. The molecule has 2 heterocycles. The second-order valence-electron chi connectivity index (χ2n) is 7.31. The fourth-order valence-corrected chi connectivity index (χ4v) is 6.27. The van der Waals surface area contributed by atoms with Gasteiger partial charge < -0.3 is 28.4 Å². The summed E-state index contributed by atoms with van der Waals surface area (Å²) in [6.07, 6.45) is 0. The molecule has 1 fully saturated rings. The van der Waals surface area contributed by atoms with Crippen molar-refractivity contribution in [3.63, 3.8) is 0 Å². The number of cyclic esters (lactones) is 1. The number of halogens is 3. The van der Waals surface area contributed by atoms with Gasteiger partial charge in [0.1, 0.15) is 0 Å². The van der Waals surface area contributed by atoms with Gasteiger partial charge in [-0.3, -0.25) is 4.79 Å². The Morgan fingerprint density at radius 1 is 0.969 bits per heavy atom. The van der Waals surface area contributed by atoms with Crippen LogP contribution in [-0.2, 0) is 9.53 Å². The largest absolute Gasteiger partial charge is 0.493 e. The molecule has 2 aliphatic heterocycles. The molecule has 32 heavy (non-hydrogen) atoms. The summed E-state index contributed by atoms with van der Waals surface area (Å²) in [5.41, 5.74) is 1.80. The molecule has 0 N–H and O–H groups in total. The van der Waals surface area contributed by atoms with E-state index in [0.717, 1.165) is 15.6 Å². The summed E-state index contributed by atoms with van der Waals surface area (Å²) in [4.78, 5) is 12.5. The zero-order chi connectivity index (χ0) is 23.0. The minimum Gasteiger partial charge on any atom is -0.493 e. The molecule has 0 aliphatic carbocycles. The van der Waals surface area contributed by atoms with Crippen LogP contribution in [0, 0.1) is 11.8 Å². The van der Waals surface area contributed by atoms with Crippen LogP contribution < -0.4 is 23.7 Å². The third kappa shape index (κ3) is 3.94. The first-order valence-corrected chi connectivity index (χ1v) is 12.5. The number of benzene rings is 2. The van der Waals surface area contributed by atoms with Gasteiger partial charge in [-0.15, -0.1) is 0 Å². The highest BCUT2D eigenvalue weighted by molar-refractivity contribution is 9.11. The van der Waals surface area contributed by atoms with E-state index in [1.807, 2.05) is 18.2 Å². The molecule has 0 radical (unpaired) electrons. The Kier molecular flexibility index (Phi) is 7.11. The molecule has 0 saturated carbocycles. The average Bonchev–Trinajstić information content (AvgIpc) is 3.40. The van der Waals surface area contributed by atoms with Gasteiger partial charge in [0.15, 0.2) is 23.0 Å². The molecular formula is C22H21Br3O7. The van der Waals surface area contributed by atoms with Crippen LogP contribution in [0.4, 0.5) is 0 Å². The molecule has 172 valence electrons. The number of hydrogen-bond acceptors (Lipinski definition) is 7. The number of hydrogen-bond donors (Lipinski definition) is 0. The van der Waals surface area contributed by atoms with E-state index in [1.54, 1.807) is 21.3 Å².